The third-order valence-electron chi connectivity index (χ3n) is 5.65. The molecule has 0 spiro atoms. The first-order valence-electron chi connectivity index (χ1n) is 10.6. The van der Waals surface area contributed by atoms with Crippen LogP contribution < -0.4 is 5.32 Å². The molecule has 0 unspecified atom stereocenters. The lowest BCUT2D eigenvalue weighted by atomic mass is 10.0. The second-order valence-corrected chi connectivity index (χ2v) is 8.77. The van der Waals surface area contributed by atoms with Crippen LogP contribution in [-0.4, -0.2) is 54.3 Å². The van der Waals surface area contributed by atoms with E-state index in [1.54, 1.807) is 0 Å². The fraction of sp³-hybridized carbons (Fsp3) is 0.280. The van der Waals surface area contributed by atoms with E-state index in [0.29, 0.717) is 32.7 Å². The van der Waals surface area contributed by atoms with Gasteiger partial charge in [0.1, 0.15) is 0 Å². The van der Waals surface area contributed by atoms with Gasteiger partial charge in [0.25, 0.3) is 5.91 Å². The Bertz CT molecular complexity index is 995. The van der Waals surface area contributed by atoms with E-state index in [4.69, 9.17) is 0 Å². The van der Waals surface area contributed by atoms with E-state index in [0.717, 1.165) is 16.0 Å². The molecule has 0 aliphatic carbocycles. The Labute approximate surface area is 187 Å². The van der Waals surface area contributed by atoms with Gasteiger partial charge in [0.15, 0.2) is 0 Å². The molecule has 2 heterocycles. The molecule has 2 amide bonds. The molecule has 6 heteroatoms. The molecule has 1 aliphatic heterocycles. The highest BCUT2D eigenvalue weighted by molar-refractivity contribution is 7.12. The Morgan fingerprint density at radius 1 is 0.903 bits per heavy atom. The van der Waals surface area contributed by atoms with E-state index in [1.165, 1.54) is 16.9 Å². The molecule has 1 atom stereocenters. The van der Waals surface area contributed by atoms with Gasteiger partial charge in [-0.25, -0.2) is 0 Å². The Morgan fingerprint density at radius 2 is 1.58 bits per heavy atom. The number of carbonyl (C=O) groups is 2. The van der Waals surface area contributed by atoms with E-state index >= 15 is 0 Å². The van der Waals surface area contributed by atoms with Gasteiger partial charge in [-0.05, 0) is 35.1 Å². The second kappa shape index (κ2) is 9.90. The second-order valence-electron chi connectivity index (χ2n) is 7.82. The van der Waals surface area contributed by atoms with Crippen LogP contribution in [0.1, 0.15) is 28.2 Å². The number of carbonyl (C=O) groups excluding carboxylic acids is 2. The van der Waals surface area contributed by atoms with Crippen LogP contribution in [0, 0.1) is 0 Å². The summed E-state index contributed by atoms with van der Waals surface area (Å²) < 4.78 is 0. The Morgan fingerprint density at radius 3 is 2.23 bits per heavy atom. The van der Waals surface area contributed by atoms with Gasteiger partial charge in [-0.2, -0.15) is 0 Å². The highest BCUT2D eigenvalue weighted by Gasteiger charge is 2.24. The molecule has 5 nitrogen and oxygen atoms in total. The first-order chi connectivity index (χ1) is 15.1. The van der Waals surface area contributed by atoms with Gasteiger partial charge in [0, 0.05) is 26.2 Å². The summed E-state index contributed by atoms with van der Waals surface area (Å²) in [4.78, 5) is 29.8. The van der Waals surface area contributed by atoms with Crippen molar-refractivity contribution in [3.8, 4) is 11.1 Å². The van der Waals surface area contributed by atoms with Gasteiger partial charge < -0.3 is 10.2 Å². The molecule has 160 valence electrons. The van der Waals surface area contributed by atoms with Gasteiger partial charge in [-0.1, -0.05) is 60.7 Å². The van der Waals surface area contributed by atoms with Gasteiger partial charge in [-0.3, -0.25) is 14.5 Å². The summed E-state index contributed by atoms with van der Waals surface area (Å²) in [5.41, 5.74) is 3.43. The van der Waals surface area contributed by atoms with Crippen LogP contribution in [0.5, 0.6) is 0 Å². The highest BCUT2D eigenvalue weighted by atomic mass is 32.1. The maximum Gasteiger partial charge on any atom is 0.264 e. The average Bonchev–Trinajstić information content (AvgIpc) is 3.35. The van der Waals surface area contributed by atoms with Crippen molar-refractivity contribution in [3.05, 3.63) is 82.6 Å². The molecule has 1 fully saturated rings. The lowest BCUT2D eigenvalue weighted by Crippen LogP contribution is -2.51. The number of thiophene rings is 1. The quantitative estimate of drug-likeness (QED) is 0.638. The van der Waals surface area contributed by atoms with Gasteiger partial charge in [0.05, 0.1) is 17.5 Å². The maximum atomic E-state index is 12.6. The highest BCUT2D eigenvalue weighted by Crippen LogP contribution is 2.22. The van der Waals surface area contributed by atoms with E-state index in [1.807, 2.05) is 47.5 Å². The number of rotatable bonds is 6. The molecule has 1 aliphatic rings. The van der Waals surface area contributed by atoms with Crippen molar-refractivity contribution in [2.75, 3.05) is 32.7 Å². The van der Waals surface area contributed by atoms with Crippen molar-refractivity contribution < 1.29 is 9.59 Å². The lowest BCUT2D eigenvalue weighted by molar-refractivity contribution is -0.123. The molecular weight excluding hydrogens is 406 g/mol. The molecule has 1 saturated heterocycles. The van der Waals surface area contributed by atoms with Gasteiger partial charge >= 0.3 is 0 Å². The van der Waals surface area contributed by atoms with Crippen molar-refractivity contribution in [2.24, 2.45) is 0 Å². The van der Waals surface area contributed by atoms with Crippen LogP contribution in [-0.2, 0) is 4.79 Å². The zero-order chi connectivity index (χ0) is 21.6. The smallest absolute Gasteiger partial charge is 0.264 e. The standard InChI is InChI=1S/C25H27N3O2S/c1-19(20-9-11-22(12-10-20)21-6-3-2-4-7-21)26-24(29)18-27-13-15-28(16-14-27)25(30)23-8-5-17-31-23/h2-12,17,19H,13-16,18H2,1H3,(H,26,29)/t19-/m0/s1. The van der Waals surface area contributed by atoms with Crippen LogP contribution >= 0.6 is 11.3 Å². The normalized spacial score (nSPS) is 15.5. The number of piperazine rings is 1. The fourth-order valence-corrected chi connectivity index (χ4v) is 4.52. The molecule has 0 radical (unpaired) electrons. The average molecular weight is 434 g/mol. The summed E-state index contributed by atoms with van der Waals surface area (Å²) in [6.07, 6.45) is 0. The third kappa shape index (κ3) is 5.40. The summed E-state index contributed by atoms with van der Waals surface area (Å²) in [6, 6.07) is 22.3. The van der Waals surface area contributed by atoms with E-state index in [9.17, 15) is 9.59 Å². The van der Waals surface area contributed by atoms with Crippen molar-refractivity contribution in [3.63, 3.8) is 0 Å². The fourth-order valence-electron chi connectivity index (χ4n) is 3.83. The lowest BCUT2D eigenvalue weighted by Gasteiger charge is -2.34. The van der Waals surface area contributed by atoms with Crippen molar-refractivity contribution in [2.45, 2.75) is 13.0 Å². The molecule has 0 bridgehead atoms. The third-order valence-corrected chi connectivity index (χ3v) is 6.51. The molecular formula is C25H27N3O2S. The van der Waals surface area contributed by atoms with Crippen molar-refractivity contribution >= 4 is 23.2 Å². The summed E-state index contributed by atoms with van der Waals surface area (Å²) in [6.45, 7) is 5.09. The minimum absolute atomic E-state index is 0.0117. The van der Waals surface area contributed by atoms with Crippen LogP contribution in [0.2, 0.25) is 0 Å². The SMILES string of the molecule is C[C@H](NC(=O)CN1CCN(C(=O)c2cccs2)CC1)c1ccc(-c2ccccc2)cc1. The minimum atomic E-state index is -0.0565. The summed E-state index contributed by atoms with van der Waals surface area (Å²) >= 11 is 1.47. The van der Waals surface area contributed by atoms with Crippen LogP contribution in [0.4, 0.5) is 0 Å². The molecule has 3 aromatic rings. The zero-order valence-corrected chi connectivity index (χ0v) is 18.5. The monoisotopic (exact) mass is 433 g/mol. The van der Waals surface area contributed by atoms with Crippen molar-refractivity contribution in [1.29, 1.82) is 0 Å². The Balaban J connectivity index is 1.25. The molecule has 1 N–H and O–H groups in total. The predicted octanol–water partition coefficient (Wildman–Crippen LogP) is 4.05. The van der Waals surface area contributed by atoms with E-state index < -0.39 is 0 Å². The van der Waals surface area contributed by atoms with Crippen LogP contribution in [0.3, 0.4) is 0 Å². The van der Waals surface area contributed by atoms with Crippen LogP contribution in [0.25, 0.3) is 11.1 Å². The van der Waals surface area contributed by atoms with E-state index in [2.05, 4.69) is 46.6 Å². The van der Waals surface area contributed by atoms with Gasteiger partial charge in [0.2, 0.25) is 5.91 Å². The molecule has 31 heavy (non-hydrogen) atoms. The molecule has 4 rings (SSSR count). The number of nitrogens with zero attached hydrogens (tertiary/aromatic N) is 2. The number of hydrogen-bond acceptors (Lipinski definition) is 4. The first kappa shape index (κ1) is 21.3. The summed E-state index contributed by atoms with van der Waals surface area (Å²) in [7, 11) is 0. The summed E-state index contributed by atoms with van der Waals surface area (Å²) in [5.74, 6) is 0.101. The first-order valence-corrected chi connectivity index (χ1v) is 11.5. The zero-order valence-electron chi connectivity index (χ0n) is 17.7. The number of nitrogens with one attached hydrogen (secondary N) is 1. The van der Waals surface area contributed by atoms with Crippen molar-refractivity contribution in [1.82, 2.24) is 15.1 Å². The number of amides is 2. The van der Waals surface area contributed by atoms with E-state index in [-0.39, 0.29) is 17.9 Å². The maximum absolute atomic E-state index is 12.6. The van der Waals surface area contributed by atoms with Gasteiger partial charge in [-0.15, -0.1) is 11.3 Å². The Kier molecular flexibility index (Phi) is 6.79. The molecule has 2 aromatic carbocycles. The number of benzene rings is 2. The molecule has 1 aromatic heterocycles. The van der Waals surface area contributed by atoms with Crippen LogP contribution in [0.15, 0.2) is 72.1 Å². The Hall–Kier alpha value is -2.96. The minimum Gasteiger partial charge on any atom is -0.348 e. The topological polar surface area (TPSA) is 52.7 Å². The number of hydrogen-bond donors (Lipinski definition) is 1. The largest absolute Gasteiger partial charge is 0.348 e. The molecule has 0 saturated carbocycles. The summed E-state index contributed by atoms with van der Waals surface area (Å²) in [5, 5.41) is 5.02. The predicted molar refractivity (Wildman–Crippen MR) is 125 cm³/mol.